The van der Waals surface area contributed by atoms with E-state index in [1.807, 2.05) is 0 Å². The Morgan fingerprint density at radius 3 is 1.67 bits per heavy atom. The van der Waals surface area contributed by atoms with E-state index in [2.05, 4.69) is 0 Å². The zero-order valence-electron chi connectivity index (χ0n) is 5.73. The standard InChI is InChI=1S/C6H7O2.Na/c1-4-5(7)2-3-6(4)8;/h2-3H2,1H3;/q-1;+1. The maximum absolute atomic E-state index is 10.5. The van der Waals surface area contributed by atoms with Crippen molar-refractivity contribution in [2.75, 3.05) is 0 Å². The second-order valence-electron chi connectivity index (χ2n) is 1.97. The van der Waals surface area contributed by atoms with Crippen molar-refractivity contribution in [3.8, 4) is 0 Å². The quantitative estimate of drug-likeness (QED) is 0.271. The summed E-state index contributed by atoms with van der Waals surface area (Å²) in [7, 11) is 0. The van der Waals surface area contributed by atoms with Crippen molar-refractivity contribution in [1.29, 1.82) is 0 Å². The minimum Gasteiger partial charge on any atom is -0.334 e. The Bertz CT molecular complexity index is 126. The van der Waals surface area contributed by atoms with Gasteiger partial charge in [-0.25, -0.2) is 0 Å². The van der Waals surface area contributed by atoms with Gasteiger partial charge in [0.1, 0.15) is 0 Å². The minimum absolute atomic E-state index is 0. The first-order valence-corrected chi connectivity index (χ1v) is 2.62. The third kappa shape index (κ3) is 1.81. The van der Waals surface area contributed by atoms with E-state index >= 15 is 0 Å². The van der Waals surface area contributed by atoms with E-state index in [0.717, 1.165) is 0 Å². The SMILES string of the molecule is C[C-]1C(=O)CCC1=O.[Na+]. The van der Waals surface area contributed by atoms with Gasteiger partial charge in [0.15, 0.2) is 0 Å². The third-order valence-corrected chi connectivity index (χ3v) is 1.42. The zero-order chi connectivity index (χ0) is 6.15. The van der Waals surface area contributed by atoms with Gasteiger partial charge in [-0.15, -0.1) is 0 Å². The van der Waals surface area contributed by atoms with Crippen LogP contribution in [-0.4, -0.2) is 11.6 Å². The molecule has 0 aromatic rings. The van der Waals surface area contributed by atoms with Crippen molar-refractivity contribution in [3.63, 3.8) is 0 Å². The summed E-state index contributed by atoms with van der Waals surface area (Å²) in [5.74, 6) is 0.481. The van der Waals surface area contributed by atoms with Crippen molar-refractivity contribution < 1.29 is 39.1 Å². The molecule has 1 aliphatic carbocycles. The molecule has 0 aromatic carbocycles. The molecule has 1 saturated carbocycles. The summed E-state index contributed by atoms with van der Waals surface area (Å²) >= 11 is 0. The molecule has 1 fully saturated rings. The molecule has 0 saturated heterocycles. The van der Waals surface area contributed by atoms with Gasteiger partial charge in [0, 0.05) is 11.6 Å². The van der Waals surface area contributed by atoms with Crippen LogP contribution in [0.2, 0.25) is 0 Å². The first-order chi connectivity index (χ1) is 3.72. The molecule has 0 atom stereocenters. The van der Waals surface area contributed by atoms with Gasteiger partial charge in [0.05, 0.1) is 0 Å². The number of carbonyl (C=O) groups is 2. The third-order valence-electron chi connectivity index (χ3n) is 1.42. The van der Waals surface area contributed by atoms with Crippen LogP contribution in [0.4, 0.5) is 0 Å². The predicted molar refractivity (Wildman–Crippen MR) is 28.2 cm³/mol. The van der Waals surface area contributed by atoms with Gasteiger partial charge in [-0.05, 0) is 12.8 Å². The zero-order valence-corrected chi connectivity index (χ0v) is 7.73. The average molecular weight is 134 g/mol. The predicted octanol–water partition coefficient (Wildman–Crippen LogP) is -2.48. The summed E-state index contributed by atoms with van der Waals surface area (Å²) in [6.07, 6.45) is 0.870. The van der Waals surface area contributed by atoms with Gasteiger partial charge < -0.3 is 9.59 Å². The summed E-state index contributed by atoms with van der Waals surface area (Å²) in [5, 5.41) is 0. The number of hydrogen-bond acceptors (Lipinski definition) is 2. The molecule has 0 heterocycles. The Kier molecular flexibility index (Phi) is 3.48. The van der Waals surface area contributed by atoms with Crippen LogP contribution in [0, 0.1) is 5.92 Å². The van der Waals surface area contributed by atoms with Crippen LogP contribution in [0.3, 0.4) is 0 Å². The minimum atomic E-state index is 0. The summed E-state index contributed by atoms with van der Waals surface area (Å²) in [4.78, 5) is 21.1. The monoisotopic (exact) mass is 134 g/mol. The molecule has 3 heteroatoms. The maximum Gasteiger partial charge on any atom is 1.00 e. The largest absolute Gasteiger partial charge is 1.00 e. The Morgan fingerprint density at radius 1 is 1.22 bits per heavy atom. The van der Waals surface area contributed by atoms with Crippen molar-refractivity contribution in [2.24, 2.45) is 0 Å². The fourth-order valence-electron chi connectivity index (χ4n) is 0.758. The van der Waals surface area contributed by atoms with Gasteiger partial charge in [-0.3, -0.25) is 5.92 Å². The van der Waals surface area contributed by atoms with Crippen LogP contribution in [0.15, 0.2) is 0 Å². The van der Waals surface area contributed by atoms with Crippen LogP contribution >= 0.6 is 0 Å². The van der Waals surface area contributed by atoms with Gasteiger partial charge in [-0.1, -0.05) is 0 Å². The van der Waals surface area contributed by atoms with E-state index in [9.17, 15) is 9.59 Å². The molecule has 0 amide bonds. The normalized spacial score (nSPS) is 18.1. The number of rotatable bonds is 0. The number of Topliss-reactive ketones (excluding diaryl/α,β-unsaturated/α-hetero) is 2. The first kappa shape index (κ1) is 9.21. The molecular formula is C6H7NaO2. The molecule has 0 aliphatic heterocycles. The number of ketones is 2. The van der Waals surface area contributed by atoms with Crippen molar-refractivity contribution in [2.45, 2.75) is 19.8 Å². The van der Waals surface area contributed by atoms with Crippen molar-refractivity contribution in [1.82, 2.24) is 0 Å². The van der Waals surface area contributed by atoms with E-state index in [0.29, 0.717) is 18.8 Å². The Labute approximate surface area is 76.3 Å². The second-order valence-corrected chi connectivity index (χ2v) is 1.97. The molecule has 9 heavy (non-hydrogen) atoms. The molecule has 0 spiro atoms. The van der Waals surface area contributed by atoms with Gasteiger partial charge in [-0.2, -0.15) is 6.92 Å². The molecule has 1 aliphatic rings. The molecule has 0 bridgehead atoms. The van der Waals surface area contributed by atoms with Gasteiger partial charge in [0.2, 0.25) is 0 Å². The Morgan fingerprint density at radius 2 is 1.56 bits per heavy atom. The fourth-order valence-corrected chi connectivity index (χ4v) is 0.758. The van der Waals surface area contributed by atoms with Crippen molar-refractivity contribution >= 4 is 11.6 Å². The van der Waals surface area contributed by atoms with Crippen LogP contribution in [0.1, 0.15) is 19.8 Å². The summed E-state index contributed by atoms with van der Waals surface area (Å²) < 4.78 is 0. The number of carbonyl (C=O) groups excluding carboxylic acids is 2. The van der Waals surface area contributed by atoms with Crippen LogP contribution in [-0.2, 0) is 9.59 Å². The molecular weight excluding hydrogens is 127 g/mol. The second kappa shape index (κ2) is 3.40. The van der Waals surface area contributed by atoms with E-state index in [1.165, 1.54) is 0 Å². The molecule has 0 aromatic heterocycles. The van der Waals surface area contributed by atoms with Gasteiger partial charge >= 0.3 is 29.6 Å². The van der Waals surface area contributed by atoms with E-state index in [-0.39, 0.29) is 41.1 Å². The molecule has 0 unspecified atom stereocenters. The van der Waals surface area contributed by atoms with Gasteiger partial charge in [0.25, 0.3) is 0 Å². The summed E-state index contributed by atoms with van der Waals surface area (Å²) in [6.45, 7) is 1.59. The fraction of sp³-hybridized carbons (Fsp3) is 0.500. The molecule has 0 radical (unpaired) electrons. The number of hydrogen-bond donors (Lipinski definition) is 0. The van der Waals surface area contributed by atoms with Crippen LogP contribution in [0.5, 0.6) is 0 Å². The first-order valence-electron chi connectivity index (χ1n) is 2.62. The Balaban J connectivity index is 0.000000640. The van der Waals surface area contributed by atoms with Crippen LogP contribution in [0.25, 0.3) is 0 Å². The van der Waals surface area contributed by atoms with E-state index in [1.54, 1.807) is 6.92 Å². The maximum atomic E-state index is 10.5. The smallest absolute Gasteiger partial charge is 0.334 e. The molecule has 44 valence electrons. The summed E-state index contributed by atoms with van der Waals surface area (Å²) in [6, 6.07) is 0. The average Bonchev–Trinajstić information content (AvgIpc) is 1.98. The Hall–Kier alpha value is 0.210. The topological polar surface area (TPSA) is 34.1 Å². The molecule has 1 rings (SSSR count). The van der Waals surface area contributed by atoms with E-state index in [4.69, 9.17) is 0 Å². The van der Waals surface area contributed by atoms with E-state index < -0.39 is 0 Å². The van der Waals surface area contributed by atoms with Crippen LogP contribution < -0.4 is 29.6 Å². The molecule has 0 N–H and O–H groups in total. The summed E-state index contributed by atoms with van der Waals surface area (Å²) in [5.41, 5.74) is 0. The van der Waals surface area contributed by atoms with Crippen molar-refractivity contribution in [3.05, 3.63) is 5.92 Å². The molecule has 2 nitrogen and oxygen atoms in total.